The number of urea groups is 1. The number of carbonyl (C=O) groups excluding carboxylic acids is 1. The molecule has 18 heavy (non-hydrogen) atoms. The molecule has 0 saturated carbocycles. The molecular formula is C12H17N3O3. The van der Waals surface area contributed by atoms with E-state index in [1.807, 2.05) is 13.8 Å². The zero-order valence-corrected chi connectivity index (χ0v) is 10.4. The second-order valence-corrected chi connectivity index (χ2v) is 3.97. The number of nitrogens with zero attached hydrogens (tertiary/aromatic N) is 1. The van der Waals surface area contributed by atoms with E-state index >= 15 is 0 Å². The summed E-state index contributed by atoms with van der Waals surface area (Å²) in [7, 11) is 0. The SMILES string of the molecule is CCC[C@H](NC(=O)Nc1cnccc1C)C(=O)O. The second-order valence-electron chi connectivity index (χ2n) is 3.97. The summed E-state index contributed by atoms with van der Waals surface area (Å²) in [6.45, 7) is 3.69. The fourth-order valence-corrected chi connectivity index (χ4v) is 1.46. The number of aliphatic carboxylic acids is 1. The Hall–Kier alpha value is -2.11. The van der Waals surface area contributed by atoms with Crippen LogP contribution in [0.25, 0.3) is 0 Å². The van der Waals surface area contributed by atoms with Crippen LogP contribution in [0.15, 0.2) is 18.5 Å². The quantitative estimate of drug-likeness (QED) is 0.743. The van der Waals surface area contributed by atoms with E-state index in [-0.39, 0.29) is 0 Å². The third-order valence-electron chi connectivity index (χ3n) is 2.47. The molecule has 1 aromatic heterocycles. The zero-order chi connectivity index (χ0) is 13.5. The second kappa shape index (κ2) is 6.58. The molecule has 1 atom stereocenters. The van der Waals surface area contributed by atoms with E-state index in [0.717, 1.165) is 5.56 Å². The molecule has 0 radical (unpaired) electrons. The van der Waals surface area contributed by atoms with Crippen molar-refractivity contribution in [1.29, 1.82) is 0 Å². The van der Waals surface area contributed by atoms with E-state index in [2.05, 4.69) is 15.6 Å². The number of nitrogens with one attached hydrogen (secondary N) is 2. The normalized spacial score (nSPS) is 11.7. The Kier molecular flexibility index (Phi) is 5.10. The lowest BCUT2D eigenvalue weighted by molar-refractivity contribution is -0.139. The van der Waals surface area contributed by atoms with Crippen LogP contribution in [0.3, 0.4) is 0 Å². The van der Waals surface area contributed by atoms with Gasteiger partial charge in [-0.15, -0.1) is 0 Å². The molecular weight excluding hydrogens is 234 g/mol. The van der Waals surface area contributed by atoms with Crippen molar-refractivity contribution in [2.75, 3.05) is 5.32 Å². The molecule has 1 heterocycles. The number of carboxylic acid groups (broad SMARTS) is 1. The van der Waals surface area contributed by atoms with Crippen LogP contribution in [0.4, 0.5) is 10.5 Å². The van der Waals surface area contributed by atoms with E-state index in [4.69, 9.17) is 5.11 Å². The van der Waals surface area contributed by atoms with Crippen molar-refractivity contribution < 1.29 is 14.7 Å². The summed E-state index contributed by atoms with van der Waals surface area (Å²) < 4.78 is 0. The molecule has 0 saturated heterocycles. The predicted molar refractivity (Wildman–Crippen MR) is 67.5 cm³/mol. The van der Waals surface area contributed by atoms with Crippen LogP contribution >= 0.6 is 0 Å². The predicted octanol–water partition coefficient (Wildman–Crippen LogP) is 1.76. The molecule has 0 aliphatic heterocycles. The van der Waals surface area contributed by atoms with Crippen molar-refractivity contribution in [2.24, 2.45) is 0 Å². The maximum atomic E-state index is 11.6. The van der Waals surface area contributed by atoms with Crippen LogP contribution in [-0.4, -0.2) is 28.1 Å². The summed E-state index contributed by atoms with van der Waals surface area (Å²) in [6.07, 6.45) is 4.22. The Morgan fingerprint density at radius 2 is 2.22 bits per heavy atom. The van der Waals surface area contributed by atoms with Gasteiger partial charge < -0.3 is 15.7 Å². The van der Waals surface area contributed by atoms with Gasteiger partial charge in [-0.2, -0.15) is 0 Å². The highest BCUT2D eigenvalue weighted by Gasteiger charge is 2.18. The van der Waals surface area contributed by atoms with E-state index in [1.165, 1.54) is 6.20 Å². The fraction of sp³-hybridized carbons (Fsp3) is 0.417. The van der Waals surface area contributed by atoms with Gasteiger partial charge in [0.05, 0.1) is 11.9 Å². The summed E-state index contributed by atoms with van der Waals surface area (Å²) in [5, 5.41) is 13.9. The molecule has 3 N–H and O–H groups in total. The minimum atomic E-state index is -1.03. The van der Waals surface area contributed by atoms with E-state index < -0.39 is 18.0 Å². The summed E-state index contributed by atoms with van der Waals surface area (Å²) in [6, 6.07) is 0.356. The van der Waals surface area contributed by atoms with Crippen LogP contribution in [-0.2, 0) is 4.79 Å². The number of carboxylic acids is 1. The highest BCUT2D eigenvalue weighted by molar-refractivity contribution is 5.92. The molecule has 0 fully saturated rings. The molecule has 0 unspecified atom stereocenters. The first-order chi connectivity index (χ1) is 8.54. The largest absolute Gasteiger partial charge is 0.480 e. The first-order valence-electron chi connectivity index (χ1n) is 5.75. The summed E-state index contributed by atoms with van der Waals surface area (Å²) in [4.78, 5) is 26.4. The summed E-state index contributed by atoms with van der Waals surface area (Å²) in [5.41, 5.74) is 1.43. The van der Waals surface area contributed by atoms with Crippen LogP contribution in [0.2, 0.25) is 0 Å². The standard InChI is InChI=1S/C12H17N3O3/c1-3-4-9(11(16)17)14-12(18)15-10-7-13-6-5-8(10)2/h5-7,9H,3-4H2,1-2H3,(H,16,17)(H2,14,15,18)/t9-/m0/s1. The van der Waals surface area contributed by atoms with Gasteiger partial charge in [0, 0.05) is 6.20 Å². The Morgan fingerprint density at radius 1 is 1.50 bits per heavy atom. The van der Waals surface area contributed by atoms with Gasteiger partial charge in [0.2, 0.25) is 0 Å². The Morgan fingerprint density at radius 3 is 2.78 bits per heavy atom. The maximum absolute atomic E-state index is 11.6. The minimum Gasteiger partial charge on any atom is -0.480 e. The Bertz CT molecular complexity index is 434. The molecule has 0 aliphatic carbocycles. The first-order valence-corrected chi connectivity index (χ1v) is 5.75. The fourth-order valence-electron chi connectivity index (χ4n) is 1.46. The number of anilines is 1. The lowest BCUT2D eigenvalue weighted by atomic mass is 10.2. The average molecular weight is 251 g/mol. The third-order valence-corrected chi connectivity index (χ3v) is 2.47. The zero-order valence-electron chi connectivity index (χ0n) is 10.4. The number of aryl methyl sites for hydroxylation is 1. The number of aromatic nitrogens is 1. The Balaban J connectivity index is 2.61. The van der Waals surface area contributed by atoms with Crippen molar-refractivity contribution >= 4 is 17.7 Å². The topological polar surface area (TPSA) is 91.3 Å². The molecule has 1 rings (SSSR count). The van der Waals surface area contributed by atoms with Gasteiger partial charge in [-0.1, -0.05) is 13.3 Å². The van der Waals surface area contributed by atoms with Crippen LogP contribution in [0.1, 0.15) is 25.3 Å². The molecule has 0 aliphatic rings. The first kappa shape index (κ1) is 14.0. The molecule has 0 spiro atoms. The molecule has 2 amide bonds. The van der Waals surface area contributed by atoms with Gasteiger partial charge >= 0.3 is 12.0 Å². The van der Waals surface area contributed by atoms with Crippen molar-refractivity contribution in [3.05, 3.63) is 24.0 Å². The van der Waals surface area contributed by atoms with E-state index in [1.54, 1.807) is 12.3 Å². The van der Waals surface area contributed by atoms with E-state index in [0.29, 0.717) is 18.5 Å². The average Bonchev–Trinajstić information content (AvgIpc) is 2.31. The van der Waals surface area contributed by atoms with Crippen LogP contribution < -0.4 is 10.6 Å². The number of rotatable bonds is 5. The monoisotopic (exact) mass is 251 g/mol. The molecule has 0 aromatic carbocycles. The highest BCUT2D eigenvalue weighted by atomic mass is 16.4. The van der Waals surface area contributed by atoms with Gasteiger partial charge in [0.25, 0.3) is 0 Å². The van der Waals surface area contributed by atoms with E-state index in [9.17, 15) is 9.59 Å². The lowest BCUT2D eigenvalue weighted by Crippen LogP contribution is -2.43. The number of hydrogen-bond acceptors (Lipinski definition) is 3. The molecule has 1 aromatic rings. The van der Waals surface area contributed by atoms with Crippen molar-refractivity contribution in [3.8, 4) is 0 Å². The molecule has 6 nitrogen and oxygen atoms in total. The van der Waals surface area contributed by atoms with Gasteiger partial charge in [-0.05, 0) is 25.0 Å². The molecule has 0 bridgehead atoms. The van der Waals surface area contributed by atoms with Gasteiger partial charge in [-0.25, -0.2) is 9.59 Å². The Labute approximate surface area is 105 Å². The number of amides is 2. The number of hydrogen-bond donors (Lipinski definition) is 3. The van der Waals surface area contributed by atoms with Crippen molar-refractivity contribution in [2.45, 2.75) is 32.7 Å². The molecule has 6 heteroatoms. The minimum absolute atomic E-state index is 0.398. The summed E-state index contributed by atoms with van der Waals surface area (Å²) in [5.74, 6) is -1.03. The van der Waals surface area contributed by atoms with Gasteiger partial charge in [0.1, 0.15) is 6.04 Å². The van der Waals surface area contributed by atoms with Crippen molar-refractivity contribution in [3.63, 3.8) is 0 Å². The number of pyridine rings is 1. The lowest BCUT2D eigenvalue weighted by Gasteiger charge is -2.14. The number of carbonyl (C=O) groups is 2. The molecule has 98 valence electrons. The van der Waals surface area contributed by atoms with Crippen LogP contribution in [0.5, 0.6) is 0 Å². The van der Waals surface area contributed by atoms with Gasteiger partial charge in [0.15, 0.2) is 0 Å². The van der Waals surface area contributed by atoms with Crippen LogP contribution in [0, 0.1) is 6.92 Å². The highest BCUT2D eigenvalue weighted by Crippen LogP contribution is 2.11. The third kappa shape index (κ3) is 4.04. The van der Waals surface area contributed by atoms with Gasteiger partial charge in [-0.3, -0.25) is 4.98 Å². The van der Waals surface area contributed by atoms with Crippen molar-refractivity contribution in [1.82, 2.24) is 10.3 Å². The smallest absolute Gasteiger partial charge is 0.326 e. The maximum Gasteiger partial charge on any atom is 0.326 e. The summed E-state index contributed by atoms with van der Waals surface area (Å²) >= 11 is 0.